The minimum atomic E-state index is -3.73. The number of hydrogen-bond donors (Lipinski definition) is 1. The third-order valence-electron chi connectivity index (χ3n) is 4.68. The maximum Gasteiger partial charge on any atom is 0.293 e. The first-order valence-corrected chi connectivity index (χ1v) is 10.3. The van der Waals surface area contributed by atoms with E-state index in [-0.39, 0.29) is 22.3 Å². The minimum absolute atomic E-state index is 0.0526. The maximum absolute atomic E-state index is 12.8. The fraction of sp³-hybridized carbons (Fsp3) is 0.444. The normalized spacial score (nSPS) is 16.8. The van der Waals surface area contributed by atoms with Crippen molar-refractivity contribution in [3.05, 3.63) is 52.0 Å². The van der Waals surface area contributed by atoms with E-state index in [0.717, 1.165) is 31.1 Å². The van der Waals surface area contributed by atoms with Gasteiger partial charge in [-0.1, -0.05) is 6.42 Å². The van der Waals surface area contributed by atoms with Crippen molar-refractivity contribution >= 4 is 21.4 Å². The molecule has 1 aromatic heterocycles. The quantitative estimate of drug-likeness (QED) is 0.590. The molecule has 8 nitrogen and oxygen atoms in total. The molecule has 27 heavy (non-hydrogen) atoms. The number of rotatable bonds is 6. The summed E-state index contributed by atoms with van der Waals surface area (Å²) in [5.41, 5.74) is -0.0256. The lowest BCUT2D eigenvalue weighted by molar-refractivity contribution is -0.384. The predicted molar refractivity (Wildman–Crippen MR) is 101 cm³/mol. The second-order valence-corrected chi connectivity index (χ2v) is 8.65. The molecule has 2 aromatic rings. The lowest BCUT2D eigenvalue weighted by Gasteiger charge is -2.26. The van der Waals surface area contributed by atoms with Gasteiger partial charge in [0.25, 0.3) is 5.69 Å². The van der Waals surface area contributed by atoms with Gasteiger partial charge in [0, 0.05) is 19.2 Å². The molecule has 1 aromatic carbocycles. The summed E-state index contributed by atoms with van der Waals surface area (Å²) in [6.45, 7) is 4.54. The second-order valence-electron chi connectivity index (χ2n) is 6.72. The fourth-order valence-corrected chi connectivity index (χ4v) is 4.73. The van der Waals surface area contributed by atoms with Crippen molar-refractivity contribution in [2.75, 3.05) is 18.4 Å². The highest BCUT2D eigenvalue weighted by Gasteiger charge is 2.29. The summed E-state index contributed by atoms with van der Waals surface area (Å²) in [6.07, 6.45) is 2.61. The van der Waals surface area contributed by atoms with Crippen molar-refractivity contribution in [2.45, 2.75) is 44.0 Å². The van der Waals surface area contributed by atoms with Gasteiger partial charge in [0.05, 0.1) is 15.9 Å². The molecule has 0 radical (unpaired) electrons. The first kappa shape index (κ1) is 19.4. The van der Waals surface area contributed by atoms with Crippen LogP contribution in [0.5, 0.6) is 0 Å². The van der Waals surface area contributed by atoms with E-state index >= 15 is 0 Å². The SMILES string of the molecule is Cc1ccc(C(C)Nc2ccc(S(=O)(=O)N3CCCCC3)cc2[N+](=O)[O-])o1. The van der Waals surface area contributed by atoms with Gasteiger partial charge in [-0.3, -0.25) is 10.1 Å². The van der Waals surface area contributed by atoms with Gasteiger partial charge in [-0.15, -0.1) is 0 Å². The van der Waals surface area contributed by atoms with E-state index in [1.54, 1.807) is 6.07 Å². The van der Waals surface area contributed by atoms with Crippen molar-refractivity contribution in [3.8, 4) is 0 Å². The van der Waals surface area contributed by atoms with E-state index < -0.39 is 14.9 Å². The third kappa shape index (κ3) is 4.14. The van der Waals surface area contributed by atoms with E-state index in [1.807, 2.05) is 19.9 Å². The number of nitro groups is 1. The van der Waals surface area contributed by atoms with Crippen molar-refractivity contribution in [3.63, 3.8) is 0 Å². The molecule has 0 spiro atoms. The highest BCUT2D eigenvalue weighted by atomic mass is 32.2. The monoisotopic (exact) mass is 393 g/mol. The Balaban J connectivity index is 1.89. The van der Waals surface area contributed by atoms with Crippen molar-refractivity contribution < 1.29 is 17.8 Å². The van der Waals surface area contributed by atoms with Gasteiger partial charge in [-0.25, -0.2) is 8.42 Å². The summed E-state index contributed by atoms with van der Waals surface area (Å²) in [5, 5.41) is 14.6. The molecule has 1 N–H and O–H groups in total. The van der Waals surface area contributed by atoms with Crippen molar-refractivity contribution in [1.82, 2.24) is 4.31 Å². The van der Waals surface area contributed by atoms with Crippen molar-refractivity contribution in [2.24, 2.45) is 0 Å². The van der Waals surface area contributed by atoms with Crippen LogP contribution in [0, 0.1) is 17.0 Å². The number of nitrogens with zero attached hydrogens (tertiary/aromatic N) is 2. The summed E-state index contributed by atoms with van der Waals surface area (Å²) in [6, 6.07) is 7.30. The van der Waals surface area contributed by atoms with E-state index in [0.29, 0.717) is 18.8 Å². The van der Waals surface area contributed by atoms with E-state index in [4.69, 9.17) is 4.42 Å². The molecule has 9 heteroatoms. The Labute approximate surface area is 158 Å². The number of benzene rings is 1. The lowest BCUT2D eigenvalue weighted by atomic mass is 10.2. The van der Waals surface area contributed by atoms with Gasteiger partial charge in [0.15, 0.2) is 0 Å². The zero-order valence-corrected chi connectivity index (χ0v) is 16.2. The Morgan fingerprint density at radius 2 is 1.89 bits per heavy atom. The van der Waals surface area contributed by atoms with Gasteiger partial charge in [0.1, 0.15) is 17.2 Å². The zero-order valence-electron chi connectivity index (χ0n) is 15.3. The number of piperidine rings is 1. The van der Waals surface area contributed by atoms with Crippen LogP contribution in [0.3, 0.4) is 0 Å². The summed E-state index contributed by atoms with van der Waals surface area (Å²) >= 11 is 0. The number of nitro benzene ring substituents is 1. The van der Waals surface area contributed by atoms with Gasteiger partial charge >= 0.3 is 0 Å². The standard InChI is InChI=1S/C18H23N3O5S/c1-13-6-9-18(26-13)14(2)19-16-8-7-15(12-17(16)21(22)23)27(24,25)20-10-4-3-5-11-20/h6-9,12,14,19H,3-5,10-11H2,1-2H3. The van der Waals surface area contributed by atoms with Crippen LogP contribution in [-0.4, -0.2) is 30.7 Å². The lowest BCUT2D eigenvalue weighted by Crippen LogP contribution is -2.35. The summed E-state index contributed by atoms with van der Waals surface area (Å²) in [7, 11) is -3.73. The summed E-state index contributed by atoms with van der Waals surface area (Å²) in [5.74, 6) is 1.39. The Morgan fingerprint density at radius 1 is 1.19 bits per heavy atom. The maximum atomic E-state index is 12.8. The number of hydrogen-bond acceptors (Lipinski definition) is 6. The molecule has 3 rings (SSSR count). The van der Waals surface area contributed by atoms with Crippen molar-refractivity contribution in [1.29, 1.82) is 0 Å². The molecular formula is C18H23N3O5S. The molecule has 0 amide bonds. The number of sulfonamides is 1. The second kappa shape index (κ2) is 7.69. The molecule has 1 saturated heterocycles. The first-order chi connectivity index (χ1) is 12.8. The van der Waals surface area contributed by atoms with E-state index in [2.05, 4.69) is 5.32 Å². The Morgan fingerprint density at radius 3 is 2.48 bits per heavy atom. The van der Waals surface area contributed by atoms with E-state index in [1.165, 1.54) is 16.4 Å². The molecule has 0 bridgehead atoms. The highest BCUT2D eigenvalue weighted by Crippen LogP contribution is 2.32. The third-order valence-corrected chi connectivity index (χ3v) is 6.57. The van der Waals surface area contributed by atoms with Gasteiger partial charge in [0.2, 0.25) is 10.0 Å². The van der Waals surface area contributed by atoms with Crippen LogP contribution in [-0.2, 0) is 10.0 Å². The zero-order chi connectivity index (χ0) is 19.6. The fourth-order valence-electron chi connectivity index (χ4n) is 3.19. The van der Waals surface area contributed by atoms with Gasteiger partial charge in [-0.05, 0) is 51.0 Å². The van der Waals surface area contributed by atoms with Gasteiger partial charge in [-0.2, -0.15) is 4.31 Å². The first-order valence-electron chi connectivity index (χ1n) is 8.90. The average molecular weight is 393 g/mol. The predicted octanol–water partition coefficient (Wildman–Crippen LogP) is 3.84. The van der Waals surface area contributed by atoms with Crippen LogP contribution in [0.1, 0.15) is 43.7 Å². The molecule has 0 aliphatic carbocycles. The molecule has 1 atom stereocenters. The smallest absolute Gasteiger partial charge is 0.293 e. The Bertz CT molecular complexity index is 932. The molecule has 1 fully saturated rings. The van der Waals surface area contributed by atoms with Crippen LogP contribution in [0.2, 0.25) is 0 Å². The van der Waals surface area contributed by atoms with Crippen LogP contribution in [0.4, 0.5) is 11.4 Å². The number of nitrogens with one attached hydrogen (secondary N) is 1. The number of furan rings is 1. The molecule has 0 saturated carbocycles. The number of anilines is 1. The van der Waals surface area contributed by atoms with Crippen LogP contribution in [0.15, 0.2) is 39.6 Å². The Hall–Kier alpha value is -2.39. The molecule has 2 heterocycles. The van der Waals surface area contributed by atoms with Crippen LogP contribution >= 0.6 is 0 Å². The van der Waals surface area contributed by atoms with Gasteiger partial charge < -0.3 is 9.73 Å². The van der Waals surface area contributed by atoms with E-state index in [9.17, 15) is 18.5 Å². The average Bonchev–Trinajstić information content (AvgIpc) is 3.09. The minimum Gasteiger partial charge on any atom is -0.464 e. The topological polar surface area (TPSA) is 106 Å². The van der Waals surface area contributed by atoms with Crippen LogP contribution in [0.25, 0.3) is 0 Å². The molecule has 146 valence electrons. The Kier molecular flexibility index (Phi) is 5.52. The molecule has 1 unspecified atom stereocenters. The summed E-state index contributed by atoms with van der Waals surface area (Å²) in [4.78, 5) is 10.9. The van der Waals surface area contributed by atoms with Crippen LogP contribution < -0.4 is 5.32 Å². The molecule has 1 aliphatic heterocycles. The summed E-state index contributed by atoms with van der Waals surface area (Å²) < 4.78 is 32.5. The molecule has 1 aliphatic rings. The largest absolute Gasteiger partial charge is 0.464 e. The number of aryl methyl sites for hydroxylation is 1. The highest BCUT2D eigenvalue weighted by molar-refractivity contribution is 7.89. The molecular weight excluding hydrogens is 370 g/mol.